The number of amides is 1. The molecule has 0 heterocycles. The SMILES string of the molecule is CC[C@H](Oc1cccc(C)c1)C(=O)N[C@@H](CC)c1ccc(S(C)(=O)=O)cc1. The molecule has 0 unspecified atom stereocenters. The van der Waals surface area contributed by atoms with Gasteiger partial charge in [-0.1, -0.05) is 38.1 Å². The van der Waals surface area contributed by atoms with E-state index >= 15 is 0 Å². The van der Waals surface area contributed by atoms with Gasteiger partial charge in [0.05, 0.1) is 10.9 Å². The minimum Gasteiger partial charge on any atom is -0.481 e. The average molecular weight is 390 g/mol. The van der Waals surface area contributed by atoms with Gasteiger partial charge in [-0.2, -0.15) is 0 Å². The largest absolute Gasteiger partial charge is 0.481 e. The molecule has 0 aromatic heterocycles. The van der Waals surface area contributed by atoms with Crippen molar-refractivity contribution in [1.82, 2.24) is 5.32 Å². The maximum Gasteiger partial charge on any atom is 0.261 e. The lowest BCUT2D eigenvalue weighted by atomic mass is 10.0. The van der Waals surface area contributed by atoms with Gasteiger partial charge >= 0.3 is 0 Å². The number of aryl methyl sites for hydroxylation is 1. The van der Waals surface area contributed by atoms with Gasteiger partial charge in [-0.15, -0.1) is 0 Å². The Hall–Kier alpha value is -2.34. The lowest BCUT2D eigenvalue weighted by molar-refractivity contribution is -0.128. The van der Waals surface area contributed by atoms with Crippen LogP contribution in [0.4, 0.5) is 0 Å². The number of rotatable bonds is 8. The highest BCUT2D eigenvalue weighted by Crippen LogP contribution is 2.21. The second kappa shape index (κ2) is 9.04. The number of sulfone groups is 1. The lowest BCUT2D eigenvalue weighted by Gasteiger charge is -2.22. The molecular formula is C21H27NO4S. The van der Waals surface area contributed by atoms with Crippen LogP contribution in [0.5, 0.6) is 5.75 Å². The molecule has 0 spiro atoms. The standard InChI is InChI=1S/C21H27NO4S/c1-5-19(16-10-12-18(13-11-16)27(4,24)25)22-21(23)20(6-2)26-17-9-7-8-15(3)14-17/h7-14,19-20H,5-6H2,1-4H3,(H,22,23)/t19-,20-/m0/s1. The molecule has 2 aromatic rings. The van der Waals surface area contributed by atoms with Crippen LogP contribution in [-0.2, 0) is 14.6 Å². The van der Waals surface area contributed by atoms with Crippen molar-refractivity contribution < 1.29 is 17.9 Å². The number of nitrogens with one attached hydrogen (secondary N) is 1. The smallest absolute Gasteiger partial charge is 0.261 e. The van der Waals surface area contributed by atoms with Crippen LogP contribution in [0, 0.1) is 6.92 Å². The van der Waals surface area contributed by atoms with E-state index in [1.165, 1.54) is 6.26 Å². The van der Waals surface area contributed by atoms with Gasteiger partial charge < -0.3 is 10.1 Å². The number of carbonyl (C=O) groups excluding carboxylic acids is 1. The van der Waals surface area contributed by atoms with Gasteiger partial charge in [0.15, 0.2) is 15.9 Å². The highest BCUT2D eigenvalue weighted by atomic mass is 32.2. The first-order valence-corrected chi connectivity index (χ1v) is 11.0. The number of ether oxygens (including phenoxy) is 1. The van der Waals surface area contributed by atoms with Gasteiger partial charge in [-0.25, -0.2) is 8.42 Å². The second-order valence-electron chi connectivity index (χ2n) is 6.64. The molecule has 0 saturated heterocycles. The first-order valence-electron chi connectivity index (χ1n) is 9.08. The lowest BCUT2D eigenvalue weighted by Crippen LogP contribution is -2.39. The normalized spacial score (nSPS) is 13.6. The number of hydrogen-bond donors (Lipinski definition) is 1. The zero-order valence-corrected chi connectivity index (χ0v) is 17.0. The maximum absolute atomic E-state index is 12.7. The predicted molar refractivity (Wildman–Crippen MR) is 107 cm³/mol. The third-order valence-corrected chi connectivity index (χ3v) is 5.49. The Balaban J connectivity index is 2.10. The number of benzene rings is 2. The summed E-state index contributed by atoms with van der Waals surface area (Å²) >= 11 is 0. The summed E-state index contributed by atoms with van der Waals surface area (Å²) in [7, 11) is -3.24. The molecule has 2 aromatic carbocycles. The Labute approximate surface area is 161 Å². The molecule has 1 amide bonds. The van der Waals surface area contributed by atoms with Gasteiger partial charge in [0.1, 0.15) is 5.75 Å². The highest BCUT2D eigenvalue weighted by molar-refractivity contribution is 7.90. The number of carbonyl (C=O) groups is 1. The molecule has 146 valence electrons. The average Bonchev–Trinajstić information content (AvgIpc) is 2.63. The Kier molecular flexibility index (Phi) is 7.02. The minimum absolute atomic E-state index is 0.182. The molecule has 2 rings (SSSR count). The summed E-state index contributed by atoms with van der Waals surface area (Å²) in [5.74, 6) is 0.487. The Morgan fingerprint density at radius 3 is 2.26 bits per heavy atom. The molecule has 0 radical (unpaired) electrons. The van der Waals surface area contributed by atoms with E-state index in [1.807, 2.05) is 45.0 Å². The molecule has 27 heavy (non-hydrogen) atoms. The van der Waals surface area contributed by atoms with Crippen molar-refractivity contribution in [3.8, 4) is 5.75 Å². The summed E-state index contributed by atoms with van der Waals surface area (Å²) in [6.45, 7) is 5.85. The molecule has 1 N–H and O–H groups in total. The van der Waals surface area contributed by atoms with Gasteiger partial charge in [0, 0.05) is 6.26 Å². The van der Waals surface area contributed by atoms with Crippen molar-refractivity contribution in [2.45, 2.75) is 50.7 Å². The van der Waals surface area contributed by atoms with E-state index in [0.717, 1.165) is 11.1 Å². The molecule has 0 aliphatic carbocycles. The van der Waals surface area contributed by atoms with Crippen molar-refractivity contribution in [1.29, 1.82) is 0 Å². The van der Waals surface area contributed by atoms with E-state index in [4.69, 9.17) is 4.74 Å². The number of hydrogen-bond acceptors (Lipinski definition) is 4. The van der Waals surface area contributed by atoms with E-state index in [-0.39, 0.29) is 16.8 Å². The molecule has 0 fully saturated rings. The molecule has 0 aliphatic heterocycles. The highest BCUT2D eigenvalue weighted by Gasteiger charge is 2.22. The van der Waals surface area contributed by atoms with Gasteiger partial charge in [-0.3, -0.25) is 4.79 Å². The van der Waals surface area contributed by atoms with Crippen LogP contribution in [-0.4, -0.2) is 26.7 Å². The van der Waals surface area contributed by atoms with Crippen LogP contribution in [0.15, 0.2) is 53.4 Å². The van der Waals surface area contributed by atoms with E-state index in [0.29, 0.717) is 18.6 Å². The molecule has 0 aliphatic rings. The fourth-order valence-electron chi connectivity index (χ4n) is 2.81. The zero-order chi connectivity index (χ0) is 20.0. The summed E-state index contributed by atoms with van der Waals surface area (Å²) < 4.78 is 29.1. The summed E-state index contributed by atoms with van der Waals surface area (Å²) in [6, 6.07) is 14.0. The van der Waals surface area contributed by atoms with Crippen LogP contribution in [0.1, 0.15) is 43.9 Å². The monoisotopic (exact) mass is 389 g/mol. The van der Waals surface area contributed by atoms with Crippen molar-refractivity contribution in [3.63, 3.8) is 0 Å². The van der Waals surface area contributed by atoms with E-state index in [9.17, 15) is 13.2 Å². The van der Waals surface area contributed by atoms with E-state index < -0.39 is 15.9 Å². The third-order valence-electron chi connectivity index (χ3n) is 4.37. The van der Waals surface area contributed by atoms with E-state index in [2.05, 4.69) is 5.32 Å². The van der Waals surface area contributed by atoms with Crippen LogP contribution in [0.3, 0.4) is 0 Å². The van der Waals surface area contributed by atoms with Crippen molar-refractivity contribution >= 4 is 15.7 Å². The quantitative estimate of drug-likeness (QED) is 0.745. The summed E-state index contributed by atoms with van der Waals surface area (Å²) in [4.78, 5) is 13.0. The predicted octanol–water partition coefficient (Wildman–Crippen LogP) is 3.82. The second-order valence-corrected chi connectivity index (χ2v) is 8.66. The van der Waals surface area contributed by atoms with Gasteiger partial charge in [0.25, 0.3) is 5.91 Å². The Morgan fingerprint density at radius 2 is 1.74 bits per heavy atom. The molecule has 0 saturated carbocycles. The fraction of sp³-hybridized carbons (Fsp3) is 0.381. The molecule has 2 atom stereocenters. The first-order chi connectivity index (χ1) is 12.7. The maximum atomic E-state index is 12.7. The molecular weight excluding hydrogens is 362 g/mol. The molecule has 0 bridgehead atoms. The summed E-state index contributed by atoms with van der Waals surface area (Å²) in [5, 5.41) is 3.01. The van der Waals surface area contributed by atoms with Gasteiger partial charge in [-0.05, 0) is 55.2 Å². The van der Waals surface area contributed by atoms with Crippen LogP contribution in [0.2, 0.25) is 0 Å². The Bertz CT molecular complexity index is 875. The van der Waals surface area contributed by atoms with Gasteiger partial charge in [0.2, 0.25) is 0 Å². The fourth-order valence-corrected chi connectivity index (χ4v) is 3.44. The molecule has 5 nitrogen and oxygen atoms in total. The zero-order valence-electron chi connectivity index (χ0n) is 16.2. The summed E-state index contributed by atoms with van der Waals surface area (Å²) in [6.07, 6.45) is 1.82. The first kappa shape index (κ1) is 21.0. The third kappa shape index (κ3) is 5.82. The van der Waals surface area contributed by atoms with Crippen LogP contribution < -0.4 is 10.1 Å². The topological polar surface area (TPSA) is 72.5 Å². The molecule has 6 heteroatoms. The van der Waals surface area contributed by atoms with Crippen molar-refractivity contribution in [2.24, 2.45) is 0 Å². The van der Waals surface area contributed by atoms with E-state index in [1.54, 1.807) is 24.3 Å². The summed E-state index contributed by atoms with van der Waals surface area (Å²) in [5.41, 5.74) is 1.93. The minimum atomic E-state index is -3.24. The van der Waals surface area contributed by atoms with Crippen LogP contribution in [0.25, 0.3) is 0 Å². The Morgan fingerprint density at radius 1 is 1.07 bits per heavy atom. The van der Waals surface area contributed by atoms with Crippen molar-refractivity contribution in [2.75, 3.05) is 6.26 Å². The van der Waals surface area contributed by atoms with Crippen LogP contribution >= 0.6 is 0 Å². The van der Waals surface area contributed by atoms with Crippen molar-refractivity contribution in [3.05, 3.63) is 59.7 Å².